The molecule has 2 aromatic heterocycles. The van der Waals surface area contributed by atoms with Gasteiger partial charge in [0.1, 0.15) is 5.65 Å². The molecular formula is C20H26BF2N5O4S. The molecule has 33 heavy (non-hydrogen) atoms. The van der Waals surface area contributed by atoms with Crippen LogP contribution in [0.4, 0.5) is 14.7 Å². The Balaban J connectivity index is 1.71. The lowest BCUT2D eigenvalue weighted by Gasteiger charge is -2.30. The van der Waals surface area contributed by atoms with E-state index in [0.717, 1.165) is 6.07 Å². The third-order valence-electron chi connectivity index (χ3n) is 6.69. The van der Waals surface area contributed by atoms with Gasteiger partial charge in [-0.1, -0.05) is 6.92 Å². The summed E-state index contributed by atoms with van der Waals surface area (Å²) in [6, 6.07) is 0.414. The van der Waals surface area contributed by atoms with E-state index in [1.165, 1.54) is 21.3 Å². The zero-order chi connectivity index (χ0) is 24.1. The summed E-state index contributed by atoms with van der Waals surface area (Å²) in [5.74, 6) is -3.95. The Hall–Kier alpha value is -2.12. The third-order valence-corrected chi connectivity index (χ3v) is 8.00. The van der Waals surface area contributed by atoms with E-state index in [1.54, 1.807) is 6.92 Å². The number of sulfonamides is 1. The van der Waals surface area contributed by atoms with Gasteiger partial charge in [-0.15, -0.1) is 0 Å². The standard InChI is InChI=1S/C20H26BF2N5O4S/c1-11-15(3-4-16(11)29)28-17-12(9-14(18(28)30)20(21,22)23)10-24-19(26-17)25-13-5-7-27(8-6-13)33(2,31)32/h9-11,13,15-16,29H,3-8H2,1-2H3,(H,24,25,26)/t11-,15-,16-/m0/s1. The van der Waals surface area contributed by atoms with E-state index in [2.05, 4.69) is 15.3 Å². The first-order valence-corrected chi connectivity index (χ1v) is 12.7. The number of anilines is 1. The van der Waals surface area contributed by atoms with Crippen molar-refractivity contribution in [3.8, 4) is 0 Å². The number of aliphatic hydroxyl groups excluding tert-OH is 1. The Labute approximate surface area is 191 Å². The SMILES string of the molecule is [B]C(F)(F)c1cc2cnc(NC3CCN(S(C)(=O)=O)CC3)nc2n([C@H]2CC[C@H](O)[C@H]2C)c1=O. The average Bonchev–Trinajstić information content (AvgIpc) is 3.05. The summed E-state index contributed by atoms with van der Waals surface area (Å²) < 4.78 is 54.0. The highest BCUT2D eigenvalue weighted by molar-refractivity contribution is 7.88. The summed E-state index contributed by atoms with van der Waals surface area (Å²) in [6.07, 6.45) is 3.85. The molecule has 2 fully saturated rings. The van der Waals surface area contributed by atoms with Crippen LogP contribution in [0.5, 0.6) is 0 Å². The van der Waals surface area contributed by atoms with Crippen LogP contribution in [0.3, 0.4) is 0 Å². The monoisotopic (exact) mass is 481 g/mol. The van der Waals surface area contributed by atoms with Crippen LogP contribution in [0, 0.1) is 5.92 Å². The van der Waals surface area contributed by atoms with E-state index < -0.39 is 39.1 Å². The smallest absolute Gasteiger partial charge is 0.260 e. The van der Waals surface area contributed by atoms with Crippen molar-refractivity contribution in [2.45, 2.75) is 56.6 Å². The quantitative estimate of drug-likeness (QED) is 0.616. The first-order chi connectivity index (χ1) is 15.4. The van der Waals surface area contributed by atoms with Gasteiger partial charge in [-0.2, -0.15) is 4.98 Å². The molecule has 2 radical (unpaired) electrons. The van der Waals surface area contributed by atoms with Gasteiger partial charge in [-0.05, 0) is 31.7 Å². The first-order valence-electron chi connectivity index (χ1n) is 10.9. The Morgan fingerprint density at radius 3 is 2.45 bits per heavy atom. The molecular weight excluding hydrogens is 455 g/mol. The van der Waals surface area contributed by atoms with Crippen LogP contribution < -0.4 is 10.9 Å². The van der Waals surface area contributed by atoms with Gasteiger partial charge in [0.2, 0.25) is 21.8 Å². The van der Waals surface area contributed by atoms with Gasteiger partial charge in [0, 0.05) is 42.7 Å². The molecule has 2 N–H and O–H groups in total. The molecule has 0 unspecified atom stereocenters. The number of aromatic nitrogens is 3. The molecule has 13 heteroatoms. The second-order valence-corrected chi connectivity index (χ2v) is 11.0. The Morgan fingerprint density at radius 1 is 1.24 bits per heavy atom. The maximum atomic E-state index is 14.0. The van der Waals surface area contributed by atoms with Crippen molar-refractivity contribution in [1.29, 1.82) is 0 Å². The predicted octanol–water partition coefficient (Wildman–Crippen LogP) is 1.18. The van der Waals surface area contributed by atoms with Gasteiger partial charge in [0.25, 0.3) is 5.56 Å². The van der Waals surface area contributed by atoms with E-state index >= 15 is 0 Å². The van der Waals surface area contributed by atoms with E-state index in [0.29, 0.717) is 38.8 Å². The van der Waals surface area contributed by atoms with E-state index in [4.69, 9.17) is 7.85 Å². The molecule has 0 aromatic carbocycles. The highest BCUT2D eigenvalue weighted by Gasteiger charge is 2.37. The summed E-state index contributed by atoms with van der Waals surface area (Å²) in [6.45, 7) is 2.49. The number of alkyl halides is 2. The number of rotatable bonds is 5. The normalized spacial score (nSPS) is 25.5. The lowest BCUT2D eigenvalue weighted by atomic mass is 9.91. The molecule has 3 heterocycles. The summed E-state index contributed by atoms with van der Waals surface area (Å²) in [4.78, 5) is 21.8. The molecule has 4 rings (SSSR count). The summed E-state index contributed by atoms with van der Waals surface area (Å²) in [7, 11) is 1.73. The number of fused-ring (bicyclic) bond motifs is 1. The minimum absolute atomic E-state index is 0.0829. The van der Waals surface area contributed by atoms with Gasteiger partial charge in [0.05, 0.1) is 17.9 Å². The Kier molecular flexibility index (Phi) is 6.25. The largest absolute Gasteiger partial charge is 0.393 e. The van der Waals surface area contributed by atoms with Crippen LogP contribution in [0.1, 0.15) is 44.2 Å². The topological polar surface area (TPSA) is 117 Å². The molecule has 0 spiro atoms. The number of pyridine rings is 1. The molecule has 0 amide bonds. The van der Waals surface area contributed by atoms with E-state index in [1.807, 2.05) is 0 Å². The number of hydrogen-bond donors (Lipinski definition) is 2. The molecule has 1 saturated heterocycles. The number of aliphatic hydroxyl groups is 1. The molecule has 178 valence electrons. The lowest BCUT2D eigenvalue weighted by molar-refractivity contribution is 0.0913. The van der Waals surface area contributed by atoms with Crippen LogP contribution >= 0.6 is 0 Å². The van der Waals surface area contributed by atoms with Gasteiger partial charge >= 0.3 is 0 Å². The molecule has 1 aliphatic carbocycles. The zero-order valence-corrected chi connectivity index (χ0v) is 19.2. The fourth-order valence-corrected chi connectivity index (χ4v) is 5.61. The van der Waals surface area contributed by atoms with Crippen LogP contribution in [0.25, 0.3) is 11.0 Å². The average molecular weight is 481 g/mol. The minimum Gasteiger partial charge on any atom is -0.393 e. The molecule has 3 atom stereocenters. The maximum absolute atomic E-state index is 14.0. The third kappa shape index (κ3) is 4.76. The van der Waals surface area contributed by atoms with Crippen LogP contribution in [0.15, 0.2) is 17.1 Å². The van der Waals surface area contributed by atoms with Crippen LogP contribution in [-0.2, 0) is 15.8 Å². The molecule has 0 bridgehead atoms. The minimum atomic E-state index is -3.84. The Bertz CT molecular complexity index is 1210. The number of halogens is 2. The van der Waals surface area contributed by atoms with Crippen molar-refractivity contribution in [1.82, 2.24) is 18.8 Å². The predicted molar refractivity (Wildman–Crippen MR) is 120 cm³/mol. The van der Waals surface area contributed by atoms with Gasteiger partial charge in [-0.3, -0.25) is 9.36 Å². The van der Waals surface area contributed by atoms with Crippen molar-refractivity contribution in [3.05, 3.63) is 28.2 Å². The summed E-state index contributed by atoms with van der Waals surface area (Å²) in [5, 5.41) is 13.6. The van der Waals surface area contributed by atoms with E-state index in [9.17, 15) is 27.1 Å². The first kappa shape index (κ1) is 24.0. The molecule has 1 saturated carbocycles. The second-order valence-electron chi connectivity index (χ2n) is 8.98. The Morgan fingerprint density at radius 2 is 1.91 bits per heavy atom. The van der Waals surface area contributed by atoms with Crippen molar-refractivity contribution >= 4 is 34.9 Å². The number of nitrogens with zero attached hydrogens (tertiary/aromatic N) is 4. The molecule has 2 aliphatic rings. The van der Waals surface area contributed by atoms with Gasteiger partial charge in [0.15, 0.2) is 7.85 Å². The van der Waals surface area contributed by atoms with Gasteiger partial charge in [-0.25, -0.2) is 26.5 Å². The van der Waals surface area contributed by atoms with Crippen LogP contribution in [0.2, 0.25) is 0 Å². The zero-order valence-electron chi connectivity index (χ0n) is 18.4. The van der Waals surface area contributed by atoms with Crippen LogP contribution in [-0.4, -0.2) is 71.7 Å². The number of hydrogen-bond acceptors (Lipinski definition) is 7. The number of piperidine rings is 1. The second kappa shape index (κ2) is 8.59. The van der Waals surface area contributed by atoms with Crippen molar-refractivity contribution in [3.63, 3.8) is 0 Å². The summed E-state index contributed by atoms with van der Waals surface area (Å²) >= 11 is 0. The maximum Gasteiger partial charge on any atom is 0.260 e. The molecule has 1 aliphatic heterocycles. The fraction of sp³-hybridized carbons (Fsp3) is 0.650. The van der Waals surface area contributed by atoms with E-state index in [-0.39, 0.29) is 28.9 Å². The van der Waals surface area contributed by atoms with Crippen molar-refractivity contribution in [2.24, 2.45) is 5.92 Å². The lowest BCUT2D eigenvalue weighted by Crippen LogP contribution is -2.42. The molecule has 2 aromatic rings. The van der Waals surface area contributed by atoms with Crippen molar-refractivity contribution in [2.75, 3.05) is 24.7 Å². The van der Waals surface area contributed by atoms with Crippen molar-refractivity contribution < 1.29 is 22.3 Å². The summed E-state index contributed by atoms with van der Waals surface area (Å²) in [5.41, 5.74) is -1.60. The highest BCUT2D eigenvalue weighted by atomic mass is 32.2. The fourth-order valence-electron chi connectivity index (χ4n) is 4.74. The van der Waals surface area contributed by atoms with Gasteiger partial charge < -0.3 is 10.4 Å². The highest BCUT2D eigenvalue weighted by Crippen LogP contribution is 2.37. The number of nitrogens with one attached hydrogen (secondary N) is 1. The molecule has 9 nitrogen and oxygen atoms in total.